The Kier molecular flexibility index (Phi) is 5.80. The second-order valence-electron chi connectivity index (χ2n) is 6.90. The number of likely N-dealkylation sites (N-methyl/N-ethyl adjacent to an activating group) is 1. The molecular weight excluding hydrogens is 349 g/mol. The van der Waals surface area contributed by atoms with Gasteiger partial charge in [0.25, 0.3) is 5.91 Å². The Bertz CT molecular complexity index is 800. The molecule has 0 spiro atoms. The molecule has 0 bridgehead atoms. The van der Waals surface area contributed by atoms with Crippen LogP contribution >= 0.6 is 0 Å². The number of hydrogen-bond acceptors (Lipinski definition) is 7. The standard InChI is InChI=1S/C18H24FN7O/c1-26(2)15-6-4-3-5-14(15)24-18-13(19)7-12(16(20)27)17(25-18)23-11-8-21-10-22-9-11/h7-10,14-15H,3-6H2,1-2H3,(H2,20,27)(H2,23,24,25)/t14-,15+/m1/s1. The fraction of sp³-hybridized carbons (Fsp3) is 0.444. The molecule has 9 heteroatoms. The quantitative estimate of drug-likeness (QED) is 0.712. The number of carbonyl (C=O) groups is 1. The van der Waals surface area contributed by atoms with Gasteiger partial charge in [-0.15, -0.1) is 0 Å². The number of amides is 1. The average Bonchev–Trinajstić information content (AvgIpc) is 2.65. The molecule has 27 heavy (non-hydrogen) atoms. The van der Waals surface area contributed by atoms with Crippen LogP contribution in [0.15, 0.2) is 24.8 Å². The van der Waals surface area contributed by atoms with E-state index in [4.69, 9.17) is 5.73 Å². The van der Waals surface area contributed by atoms with Crippen LogP contribution in [0, 0.1) is 5.82 Å². The summed E-state index contributed by atoms with van der Waals surface area (Å²) in [5.74, 6) is -1.12. The van der Waals surface area contributed by atoms with Crippen molar-refractivity contribution < 1.29 is 9.18 Å². The summed E-state index contributed by atoms with van der Waals surface area (Å²) in [6.45, 7) is 0. The fourth-order valence-corrected chi connectivity index (χ4v) is 3.45. The Balaban J connectivity index is 1.91. The maximum absolute atomic E-state index is 14.6. The van der Waals surface area contributed by atoms with Gasteiger partial charge in [0, 0.05) is 12.1 Å². The predicted molar refractivity (Wildman–Crippen MR) is 101 cm³/mol. The van der Waals surface area contributed by atoms with Gasteiger partial charge in [-0.2, -0.15) is 0 Å². The van der Waals surface area contributed by atoms with Crippen LogP contribution in [0.5, 0.6) is 0 Å². The molecule has 0 aliphatic heterocycles. The smallest absolute Gasteiger partial charge is 0.252 e. The maximum atomic E-state index is 14.6. The third-order valence-corrected chi connectivity index (χ3v) is 4.78. The zero-order chi connectivity index (χ0) is 19.4. The summed E-state index contributed by atoms with van der Waals surface area (Å²) in [5.41, 5.74) is 5.88. The Morgan fingerprint density at radius 3 is 2.59 bits per heavy atom. The molecule has 0 aromatic carbocycles. The van der Waals surface area contributed by atoms with Crippen molar-refractivity contribution >= 4 is 23.2 Å². The predicted octanol–water partition coefficient (Wildman–Crippen LogP) is 2.14. The number of anilines is 3. The van der Waals surface area contributed by atoms with E-state index in [0.29, 0.717) is 5.69 Å². The number of pyridine rings is 1. The van der Waals surface area contributed by atoms with Crippen molar-refractivity contribution in [2.45, 2.75) is 37.8 Å². The van der Waals surface area contributed by atoms with Crippen LogP contribution in [-0.4, -0.2) is 51.9 Å². The second-order valence-corrected chi connectivity index (χ2v) is 6.90. The largest absolute Gasteiger partial charge is 0.365 e. The molecule has 2 atom stereocenters. The van der Waals surface area contributed by atoms with Crippen LogP contribution in [0.25, 0.3) is 0 Å². The van der Waals surface area contributed by atoms with Gasteiger partial charge in [0.05, 0.1) is 23.6 Å². The molecule has 1 amide bonds. The minimum Gasteiger partial charge on any atom is -0.365 e. The highest BCUT2D eigenvalue weighted by Gasteiger charge is 2.28. The van der Waals surface area contributed by atoms with E-state index in [9.17, 15) is 9.18 Å². The lowest BCUT2D eigenvalue weighted by molar-refractivity contribution is 0.100. The van der Waals surface area contributed by atoms with Gasteiger partial charge in [-0.25, -0.2) is 19.3 Å². The summed E-state index contributed by atoms with van der Waals surface area (Å²) in [6, 6.07) is 1.47. The van der Waals surface area contributed by atoms with Gasteiger partial charge in [-0.1, -0.05) is 12.8 Å². The highest BCUT2D eigenvalue weighted by Crippen LogP contribution is 2.28. The summed E-state index contributed by atoms with van der Waals surface area (Å²) < 4.78 is 14.6. The lowest BCUT2D eigenvalue weighted by Crippen LogP contribution is -2.45. The molecule has 0 saturated heterocycles. The van der Waals surface area contributed by atoms with Crippen molar-refractivity contribution in [3.05, 3.63) is 36.2 Å². The van der Waals surface area contributed by atoms with Crippen LogP contribution < -0.4 is 16.4 Å². The van der Waals surface area contributed by atoms with Gasteiger partial charge in [-0.3, -0.25) is 4.79 Å². The van der Waals surface area contributed by atoms with Crippen LogP contribution in [0.4, 0.5) is 21.7 Å². The molecule has 1 saturated carbocycles. The Labute approximate surface area is 157 Å². The number of halogens is 1. The summed E-state index contributed by atoms with van der Waals surface area (Å²) in [4.78, 5) is 26.0. The highest BCUT2D eigenvalue weighted by molar-refractivity contribution is 5.98. The number of nitrogens with one attached hydrogen (secondary N) is 2. The Morgan fingerprint density at radius 2 is 1.93 bits per heavy atom. The van der Waals surface area contributed by atoms with E-state index in [1.54, 1.807) is 0 Å². The number of rotatable bonds is 6. The third-order valence-electron chi connectivity index (χ3n) is 4.78. The van der Waals surface area contributed by atoms with Gasteiger partial charge in [0.1, 0.15) is 12.1 Å². The Hall–Kier alpha value is -2.81. The van der Waals surface area contributed by atoms with Gasteiger partial charge < -0.3 is 21.3 Å². The molecule has 1 fully saturated rings. The molecule has 0 radical (unpaired) electrons. The molecule has 0 unspecified atom stereocenters. The zero-order valence-corrected chi connectivity index (χ0v) is 15.4. The first-order chi connectivity index (χ1) is 13.0. The number of nitrogens with two attached hydrogens (primary N) is 1. The van der Waals surface area contributed by atoms with Crippen LogP contribution in [0.1, 0.15) is 36.0 Å². The minimum absolute atomic E-state index is 0.0327. The molecule has 1 aliphatic carbocycles. The van der Waals surface area contributed by atoms with E-state index in [2.05, 4.69) is 30.5 Å². The monoisotopic (exact) mass is 373 g/mol. The summed E-state index contributed by atoms with van der Waals surface area (Å²) in [6.07, 6.45) is 8.64. The summed E-state index contributed by atoms with van der Waals surface area (Å²) >= 11 is 0. The van der Waals surface area contributed by atoms with E-state index in [1.165, 1.54) is 18.7 Å². The minimum atomic E-state index is -0.767. The number of primary amides is 1. The SMILES string of the molecule is CN(C)[C@H]1CCCC[C@H]1Nc1nc(Nc2cncnc2)c(C(N)=O)cc1F. The van der Waals surface area contributed by atoms with E-state index in [0.717, 1.165) is 31.7 Å². The number of nitrogens with zero attached hydrogens (tertiary/aromatic N) is 4. The van der Waals surface area contributed by atoms with Crippen LogP contribution in [0.2, 0.25) is 0 Å². The van der Waals surface area contributed by atoms with Crippen molar-refractivity contribution in [2.24, 2.45) is 5.73 Å². The molecule has 3 rings (SSSR count). The number of carbonyl (C=O) groups excluding carboxylic acids is 1. The molecule has 4 N–H and O–H groups in total. The molecule has 8 nitrogen and oxygen atoms in total. The van der Waals surface area contributed by atoms with E-state index >= 15 is 0 Å². The number of hydrogen-bond donors (Lipinski definition) is 3. The van der Waals surface area contributed by atoms with E-state index < -0.39 is 11.7 Å². The molecular formula is C18H24FN7O. The van der Waals surface area contributed by atoms with E-state index in [1.807, 2.05) is 14.1 Å². The topological polar surface area (TPSA) is 109 Å². The first kappa shape index (κ1) is 19.0. The Morgan fingerprint density at radius 1 is 1.22 bits per heavy atom. The molecule has 2 heterocycles. The fourth-order valence-electron chi connectivity index (χ4n) is 3.45. The summed E-state index contributed by atoms with van der Waals surface area (Å²) in [5, 5.41) is 6.16. The lowest BCUT2D eigenvalue weighted by atomic mass is 9.89. The van der Waals surface area contributed by atoms with Gasteiger partial charge in [0.2, 0.25) is 0 Å². The lowest BCUT2D eigenvalue weighted by Gasteiger charge is -2.37. The third kappa shape index (κ3) is 4.48. The first-order valence-electron chi connectivity index (χ1n) is 8.91. The van der Waals surface area contributed by atoms with Gasteiger partial charge in [-0.05, 0) is 33.0 Å². The molecule has 2 aromatic rings. The van der Waals surface area contributed by atoms with Crippen molar-refractivity contribution in [3.8, 4) is 0 Å². The van der Waals surface area contributed by atoms with Gasteiger partial charge >= 0.3 is 0 Å². The van der Waals surface area contributed by atoms with Crippen molar-refractivity contribution in [1.82, 2.24) is 19.9 Å². The highest BCUT2D eigenvalue weighted by atomic mass is 19.1. The number of aromatic nitrogens is 3. The maximum Gasteiger partial charge on any atom is 0.252 e. The molecule has 2 aromatic heterocycles. The average molecular weight is 373 g/mol. The normalized spacial score (nSPS) is 19.7. The van der Waals surface area contributed by atoms with Crippen molar-refractivity contribution in [2.75, 3.05) is 24.7 Å². The first-order valence-corrected chi connectivity index (χ1v) is 8.91. The summed E-state index contributed by atoms with van der Waals surface area (Å²) in [7, 11) is 4.04. The zero-order valence-electron chi connectivity index (χ0n) is 15.4. The van der Waals surface area contributed by atoms with Crippen LogP contribution in [-0.2, 0) is 0 Å². The van der Waals surface area contributed by atoms with E-state index in [-0.39, 0.29) is 29.3 Å². The van der Waals surface area contributed by atoms with Crippen molar-refractivity contribution in [1.29, 1.82) is 0 Å². The molecule has 144 valence electrons. The van der Waals surface area contributed by atoms with Crippen LogP contribution in [0.3, 0.4) is 0 Å². The van der Waals surface area contributed by atoms with Gasteiger partial charge in [0.15, 0.2) is 11.6 Å². The second kappa shape index (κ2) is 8.26. The molecule has 1 aliphatic rings. The van der Waals surface area contributed by atoms with Crippen molar-refractivity contribution in [3.63, 3.8) is 0 Å².